The van der Waals surface area contributed by atoms with Crippen LogP contribution in [0.3, 0.4) is 0 Å². The van der Waals surface area contributed by atoms with Crippen molar-refractivity contribution >= 4 is 52.8 Å². The summed E-state index contributed by atoms with van der Waals surface area (Å²) in [5, 5.41) is 4.40. The fourth-order valence-electron chi connectivity index (χ4n) is 5.01. The summed E-state index contributed by atoms with van der Waals surface area (Å²) in [6.45, 7) is 3.46. The van der Waals surface area contributed by atoms with Crippen LogP contribution in [0.1, 0.15) is 18.7 Å². The summed E-state index contributed by atoms with van der Waals surface area (Å²) in [5.41, 5.74) is 4.86. The van der Waals surface area contributed by atoms with Crippen LogP contribution < -0.4 is 15.8 Å². The van der Waals surface area contributed by atoms with Gasteiger partial charge in [0, 0.05) is 23.8 Å². The van der Waals surface area contributed by atoms with Crippen LogP contribution in [-0.4, -0.2) is 58.8 Å². The predicted octanol–water partition coefficient (Wildman–Crippen LogP) is 4.13. The summed E-state index contributed by atoms with van der Waals surface area (Å²) in [7, 11) is 1.36. The molecule has 1 unspecified atom stereocenters. The van der Waals surface area contributed by atoms with Gasteiger partial charge in [-0.15, -0.1) is 0 Å². The number of carbonyl (C=O) groups is 1. The van der Waals surface area contributed by atoms with Crippen LogP contribution in [0.25, 0.3) is 33.3 Å². The molecule has 0 amide bonds. The van der Waals surface area contributed by atoms with Crippen molar-refractivity contribution in [1.29, 1.82) is 0 Å². The fraction of sp³-hybridized carbons (Fsp3) is 0.241. The number of para-hydroxylation sites is 1. The van der Waals surface area contributed by atoms with Crippen LogP contribution in [0.5, 0.6) is 0 Å². The van der Waals surface area contributed by atoms with Gasteiger partial charge in [-0.2, -0.15) is 13.5 Å². The van der Waals surface area contributed by atoms with Gasteiger partial charge in [0.15, 0.2) is 6.10 Å². The molecule has 0 spiro atoms. The first-order valence-corrected chi connectivity index (χ1v) is 12.8. The summed E-state index contributed by atoms with van der Waals surface area (Å²) in [5.74, 6) is 0.0689. The number of methoxy groups -OCH3 is 1. The van der Waals surface area contributed by atoms with Gasteiger partial charge in [0.25, 0.3) is 5.56 Å². The quantitative estimate of drug-likeness (QED) is 0.266. The van der Waals surface area contributed by atoms with Crippen molar-refractivity contribution in [1.82, 2.24) is 19.9 Å². The predicted molar refractivity (Wildman–Crippen MR) is 160 cm³/mol. The number of benzene rings is 2. The Balaban J connectivity index is 0.00000323. The number of nitrogens with one attached hydrogen (secondary N) is 3. The zero-order valence-electron chi connectivity index (χ0n) is 22.1. The Morgan fingerprint density at radius 3 is 2.75 bits per heavy atom. The lowest BCUT2D eigenvalue weighted by atomic mass is 10.1. The molecule has 3 N–H and O–H groups in total. The van der Waals surface area contributed by atoms with E-state index in [0.717, 1.165) is 33.3 Å². The number of nitrogens with zero attached hydrogens (tertiary/aromatic N) is 3. The van der Waals surface area contributed by atoms with Gasteiger partial charge < -0.3 is 29.7 Å². The van der Waals surface area contributed by atoms with Gasteiger partial charge in [-0.25, -0.2) is 9.78 Å². The lowest BCUT2D eigenvalue weighted by Gasteiger charge is -2.33. The summed E-state index contributed by atoms with van der Waals surface area (Å²) >= 11 is 0. The third-order valence-corrected chi connectivity index (χ3v) is 7.01. The lowest BCUT2D eigenvalue weighted by Crippen LogP contribution is -2.46. The molecule has 6 rings (SSSR count). The summed E-state index contributed by atoms with van der Waals surface area (Å²) in [4.78, 5) is 43.2. The van der Waals surface area contributed by atoms with E-state index in [4.69, 9.17) is 14.5 Å². The molecule has 10 nitrogen and oxygen atoms in total. The molecule has 40 heavy (non-hydrogen) atoms. The standard InChI is InChI=1S/C29H28N6O4.H2S/c1-17(20-8-5-6-12-30-20)31-26-19-7-3-4-9-21(19)34-28(36)25(26)27-32-22-11-10-18(15-23(22)33-27)35-13-14-39-24(16-35)29(37)38-2;/h3-12,15,17,24H,13-14,16H2,1-2H3,(H,32,33)(H2,31,34,36);1H2/t17-,24?;/m0./s1. The molecule has 5 aromatic rings. The number of morpholine rings is 1. The van der Waals surface area contributed by atoms with Crippen molar-refractivity contribution in [2.45, 2.75) is 19.1 Å². The monoisotopic (exact) mass is 558 g/mol. The highest BCUT2D eigenvalue weighted by molar-refractivity contribution is 7.59. The second-order valence-corrected chi connectivity index (χ2v) is 9.49. The molecule has 1 saturated heterocycles. The Morgan fingerprint density at radius 2 is 1.95 bits per heavy atom. The van der Waals surface area contributed by atoms with Crippen LogP contribution in [-0.2, 0) is 14.3 Å². The van der Waals surface area contributed by atoms with Crippen molar-refractivity contribution in [2.75, 3.05) is 37.0 Å². The topological polar surface area (TPSA) is 125 Å². The minimum atomic E-state index is -0.636. The smallest absolute Gasteiger partial charge is 0.336 e. The molecule has 3 aromatic heterocycles. The highest BCUT2D eigenvalue weighted by Crippen LogP contribution is 2.34. The van der Waals surface area contributed by atoms with Gasteiger partial charge in [-0.3, -0.25) is 9.78 Å². The molecular formula is C29H30N6O4S. The molecule has 206 valence electrons. The van der Waals surface area contributed by atoms with Crippen LogP contribution >= 0.6 is 13.5 Å². The van der Waals surface area contributed by atoms with Crippen molar-refractivity contribution in [3.05, 3.63) is 82.9 Å². The first-order valence-electron chi connectivity index (χ1n) is 12.8. The minimum Gasteiger partial charge on any atom is -0.467 e. The van der Waals surface area contributed by atoms with E-state index in [-0.39, 0.29) is 31.1 Å². The van der Waals surface area contributed by atoms with E-state index in [1.165, 1.54) is 7.11 Å². The number of fused-ring (bicyclic) bond motifs is 2. The molecule has 0 radical (unpaired) electrons. The van der Waals surface area contributed by atoms with E-state index < -0.39 is 6.10 Å². The number of carbonyl (C=O) groups excluding carboxylic acids is 1. The number of H-pyrrole nitrogens is 2. The van der Waals surface area contributed by atoms with E-state index in [1.807, 2.05) is 67.6 Å². The lowest BCUT2D eigenvalue weighted by molar-refractivity contribution is -0.154. The van der Waals surface area contributed by atoms with Gasteiger partial charge >= 0.3 is 5.97 Å². The van der Waals surface area contributed by atoms with E-state index in [2.05, 4.69) is 25.2 Å². The molecule has 11 heteroatoms. The SMILES string of the molecule is COC(=O)C1CN(c2ccc3nc(-c4c(N[C@@H](C)c5ccccn5)c5ccccc5[nH]c4=O)[nH]c3c2)CCO1.S. The number of pyridine rings is 2. The Kier molecular flexibility index (Phi) is 7.76. The number of rotatable bonds is 6. The second-order valence-electron chi connectivity index (χ2n) is 9.49. The van der Waals surface area contributed by atoms with E-state index in [9.17, 15) is 9.59 Å². The van der Waals surface area contributed by atoms with Crippen molar-refractivity contribution in [3.8, 4) is 11.4 Å². The highest BCUT2D eigenvalue weighted by Gasteiger charge is 2.28. The number of imidazole rings is 1. The van der Waals surface area contributed by atoms with Crippen molar-refractivity contribution in [3.63, 3.8) is 0 Å². The Morgan fingerprint density at radius 1 is 1.12 bits per heavy atom. The van der Waals surface area contributed by atoms with Crippen LogP contribution in [0, 0.1) is 0 Å². The fourth-order valence-corrected chi connectivity index (χ4v) is 5.01. The minimum absolute atomic E-state index is 0. The van der Waals surface area contributed by atoms with Crippen molar-refractivity contribution in [2.24, 2.45) is 0 Å². The maximum atomic E-state index is 13.5. The van der Waals surface area contributed by atoms with Gasteiger partial charge in [0.2, 0.25) is 0 Å². The maximum Gasteiger partial charge on any atom is 0.336 e. The summed E-state index contributed by atoms with van der Waals surface area (Å²) in [6, 6.07) is 19.1. The number of aromatic amines is 2. The molecule has 2 aromatic carbocycles. The van der Waals surface area contributed by atoms with Crippen LogP contribution in [0.4, 0.5) is 11.4 Å². The van der Waals surface area contributed by atoms with Crippen LogP contribution in [0.15, 0.2) is 71.7 Å². The molecule has 2 atom stereocenters. The average molecular weight is 559 g/mol. The number of esters is 1. The van der Waals surface area contributed by atoms with Crippen molar-refractivity contribution < 1.29 is 14.3 Å². The number of hydrogen-bond acceptors (Lipinski definition) is 8. The van der Waals surface area contributed by atoms with E-state index >= 15 is 0 Å². The molecule has 0 bridgehead atoms. The zero-order valence-corrected chi connectivity index (χ0v) is 23.1. The third kappa shape index (κ3) is 5.13. The average Bonchev–Trinajstić information content (AvgIpc) is 3.40. The Bertz CT molecular complexity index is 1720. The number of aromatic nitrogens is 4. The summed E-state index contributed by atoms with van der Waals surface area (Å²) < 4.78 is 10.4. The van der Waals surface area contributed by atoms with Gasteiger partial charge in [-0.05, 0) is 43.3 Å². The largest absolute Gasteiger partial charge is 0.467 e. The first-order chi connectivity index (χ1) is 19.0. The first kappa shape index (κ1) is 27.2. The molecule has 0 saturated carbocycles. The maximum absolute atomic E-state index is 13.5. The highest BCUT2D eigenvalue weighted by atomic mass is 32.1. The molecule has 1 aliphatic rings. The molecule has 4 heterocycles. The van der Waals surface area contributed by atoms with Crippen LogP contribution in [0.2, 0.25) is 0 Å². The number of anilines is 2. The number of hydrogen-bond donors (Lipinski definition) is 3. The van der Waals surface area contributed by atoms with E-state index in [0.29, 0.717) is 36.8 Å². The van der Waals surface area contributed by atoms with Gasteiger partial charge in [0.1, 0.15) is 11.4 Å². The molecule has 0 aliphatic carbocycles. The zero-order chi connectivity index (χ0) is 26.9. The van der Waals surface area contributed by atoms with E-state index in [1.54, 1.807) is 6.20 Å². The molecule has 1 fully saturated rings. The summed E-state index contributed by atoms with van der Waals surface area (Å²) in [6.07, 6.45) is 1.12. The van der Waals surface area contributed by atoms with Gasteiger partial charge in [0.05, 0.1) is 54.2 Å². The normalized spacial score (nSPS) is 15.9. The third-order valence-electron chi connectivity index (χ3n) is 7.01. The molecular weight excluding hydrogens is 528 g/mol. The Hall–Kier alpha value is -4.35. The van der Waals surface area contributed by atoms with Gasteiger partial charge in [-0.1, -0.05) is 24.3 Å². The molecule has 1 aliphatic heterocycles. The second kappa shape index (κ2) is 11.4. The Labute approximate surface area is 237 Å². The number of ether oxygens (including phenoxy) is 2.